The van der Waals surface area contributed by atoms with Crippen molar-refractivity contribution in [1.82, 2.24) is 20.6 Å². The fraction of sp³-hybridized carbons (Fsp3) is 0.333. The van der Waals surface area contributed by atoms with Gasteiger partial charge in [0.2, 0.25) is 11.7 Å². The average molecular weight is 245 g/mol. The highest BCUT2D eigenvalue weighted by atomic mass is 16.1. The van der Waals surface area contributed by atoms with Gasteiger partial charge in [0.25, 0.3) is 0 Å². The number of aromatic nitrogens is 4. The Kier molecular flexibility index (Phi) is 3.36. The summed E-state index contributed by atoms with van der Waals surface area (Å²) < 4.78 is 0. The minimum atomic E-state index is -0.301. The maximum absolute atomic E-state index is 11.0. The number of hydrogen-bond acceptors (Lipinski definition) is 4. The number of carbonyl (C=O) groups is 1. The molecule has 1 amide bonds. The van der Waals surface area contributed by atoms with E-state index in [-0.39, 0.29) is 11.8 Å². The molecule has 0 saturated heterocycles. The van der Waals surface area contributed by atoms with Crippen molar-refractivity contribution >= 4 is 5.91 Å². The van der Waals surface area contributed by atoms with Crippen LogP contribution in [0.4, 0.5) is 0 Å². The van der Waals surface area contributed by atoms with Gasteiger partial charge >= 0.3 is 0 Å². The number of benzene rings is 1. The standard InChI is InChI=1S/C12H15N5O/c1-7-3-9(8(2)5-11(13)18)6-10(4-7)12-14-16-17-15-12/h3-4,6,8H,5H2,1-2H3,(H2,13,18)(H,14,15,16,17). The number of amides is 1. The third-order valence-corrected chi connectivity index (χ3v) is 2.78. The van der Waals surface area contributed by atoms with Crippen LogP contribution in [0.5, 0.6) is 0 Å². The number of nitrogens with one attached hydrogen (secondary N) is 1. The molecule has 3 N–H and O–H groups in total. The Morgan fingerprint density at radius 1 is 1.44 bits per heavy atom. The number of hydrogen-bond donors (Lipinski definition) is 2. The van der Waals surface area contributed by atoms with Crippen molar-refractivity contribution in [1.29, 1.82) is 0 Å². The number of aryl methyl sites for hydroxylation is 1. The lowest BCUT2D eigenvalue weighted by Crippen LogP contribution is -2.13. The Labute approximate surface area is 105 Å². The van der Waals surface area contributed by atoms with Gasteiger partial charge in [-0.1, -0.05) is 18.6 Å². The molecule has 1 aromatic heterocycles. The van der Waals surface area contributed by atoms with Gasteiger partial charge < -0.3 is 5.73 Å². The summed E-state index contributed by atoms with van der Waals surface area (Å²) >= 11 is 0. The van der Waals surface area contributed by atoms with Gasteiger partial charge in [0.05, 0.1) is 0 Å². The number of tetrazole rings is 1. The third kappa shape index (κ3) is 2.71. The smallest absolute Gasteiger partial charge is 0.218 e. The lowest BCUT2D eigenvalue weighted by molar-refractivity contribution is -0.118. The molecule has 0 bridgehead atoms. The molecular formula is C12H15N5O. The first-order valence-corrected chi connectivity index (χ1v) is 5.70. The van der Waals surface area contributed by atoms with Crippen LogP contribution in [0, 0.1) is 6.92 Å². The Morgan fingerprint density at radius 2 is 2.22 bits per heavy atom. The molecule has 0 spiro atoms. The number of rotatable bonds is 4. The monoisotopic (exact) mass is 245 g/mol. The zero-order valence-electron chi connectivity index (χ0n) is 10.3. The van der Waals surface area contributed by atoms with Crippen molar-refractivity contribution in [2.45, 2.75) is 26.2 Å². The van der Waals surface area contributed by atoms with Gasteiger partial charge in [-0.3, -0.25) is 4.79 Å². The average Bonchev–Trinajstić information content (AvgIpc) is 2.80. The molecule has 6 nitrogen and oxygen atoms in total. The summed E-state index contributed by atoms with van der Waals surface area (Å²) in [7, 11) is 0. The van der Waals surface area contributed by atoms with Crippen LogP contribution in [0.1, 0.15) is 30.4 Å². The number of primary amides is 1. The van der Waals surface area contributed by atoms with Crippen molar-refractivity contribution in [3.63, 3.8) is 0 Å². The van der Waals surface area contributed by atoms with E-state index in [0.717, 1.165) is 16.7 Å². The number of nitrogens with two attached hydrogens (primary N) is 1. The summed E-state index contributed by atoms with van der Waals surface area (Å²) in [5.74, 6) is 0.324. The van der Waals surface area contributed by atoms with Crippen molar-refractivity contribution in [3.05, 3.63) is 29.3 Å². The van der Waals surface area contributed by atoms with E-state index in [2.05, 4.69) is 20.6 Å². The van der Waals surface area contributed by atoms with Gasteiger partial charge in [-0.05, 0) is 35.8 Å². The summed E-state index contributed by atoms with van der Waals surface area (Å²) in [5.41, 5.74) is 8.24. The molecule has 2 aromatic rings. The van der Waals surface area contributed by atoms with Crippen LogP contribution < -0.4 is 5.73 Å². The van der Waals surface area contributed by atoms with Gasteiger partial charge in [-0.25, -0.2) is 0 Å². The first-order valence-electron chi connectivity index (χ1n) is 5.70. The van der Waals surface area contributed by atoms with Crippen molar-refractivity contribution < 1.29 is 4.79 Å². The third-order valence-electron chi connectivity index (χ3n) is 2.78. The molecule has 6 heteroatoms. The Hall–Kier alpha value is -2.24. The molecule has 18 heavy (non-hydrogen) atoms. The van der Waals surface area contributed by atoms with Gasteiger partial charge in [0.1, 0.15) is 0 Å². The van der Waals surface area contributed by atoms with Crippen LogP contribution in [-0.4, -0.2) is 26.5 Å². The van der Waals surface area contributed by atoms with Crippen LogP contribution in [0.3, 0.4) is 0 Å². The van der Waals surface area contributed by atoms with Gasteiger partial charge in [-0.2, -0.15) is 5.21 Å². The maximum Gasteiger partial charge on any atom is 0.218 e. The van der Waals surface area contributed by atoms with E-state index in [1.807, 2.05) is 32.0 Å². The van der Waals surface area contributed by atoms with Crippen molar-refractivity contribution in [2.24, 2.45) is 5.73 Å². The highest BCUT2D eigenvalue weighted by Crippen LogP contribution is 2.25. The maximum atomic E-state index is 11.0. The molecule has 0 aliphatic carbocycles. The normalized spacial score (nSPS) is 12.3. The van der Waals surface area contributed by atoms with E-state index >= 15 is 0 Å². The summed E-state index contributed by atoms with van der Waals surface area (Å²) in [6, 6.07) is 5.98. The predicted molar refractivity (Wildman–Crippen MR) is 66.6 cm³/mol. The number of carbonyl (C=O) groups excluding carboxylic acids is 1. The molecule has 2 rings (SSSR count). The van der Waals surface area contributed by atoms with E-state index in [9.17, 15) is 4.79 Å². The van der Waals surface area contributed by atoms with Gasteiger partial charge in [-0.15, -0.1) is 10.2 Å². The molecule has 0 saturated carbocycles. The van der Waals surface area contributed by atoms with E-state index in [1.165, 1.54) is 0 Å². The Balaban J connectivity index is 2.35. The Morgan fingerprint density at radius 3 is 2.83 bits per heavy atom. The molecule has 1 heterocycles. The summed E-state index contributed by atoms with van der Waals surface area (Å²) in [6.45, 7) is 3.96. The van der Waals surface area contributed by atoms with Crippen LogP contribution in [0.25, 0.3) is 11.4 Å². The molecular weight excluding hydrogens is 230 g/mol. The Bertz CT molecular complexity index is 550. The van der Waals surface area contributed by atoms with Gasteiger partial charge in [0.15, 0.2) is 0 Å². The molecule has 94 valence electrons. The van der Waals surface area contributed by atoms with E-state index in [1.54, 1.807) is 0 Å². The fourth-order valence-corrected chi connectivity index (χ4v) is 1.93. The van der Waals surface area contributed by atoms with Crippen LogP contribution in [-0.2, 0) is 4.79 Å². The largest absolute Gasteiger partial charge is 0.370 e. The van der Waals surface area contributed by atoms with E-state index < -0.39 is 0 Å². The summed E-state index contributed by atoms with van der Waals surface area (Å²) in [6.07, 6.45) is 0.329. The zero-order valence-corrected chi connectivity index (χ0v) is 10.3. The highest BCUT2D eigenvalue weighted by molar-refractivity contribution is 5.74. The quantitative estimate of drug-likeness (QED) is 0.844. The minimum Gasteiger partial charge on any atom is -0.370 e. The molecule has 0 fully saturated rings. The molecule has 1 unspecified atom stereocenters. The first-order chi connectivity index (χ1) is 8.56. The lowest BCUT2D eigenvalue weighted by atomic mass is 9.94. The molecule has 1 aromatic carbocycles. The van der Waals surface area contributed by atoms with Crippen LogP contribution in [0.2, 0.25) is 0 Å². The molecule has 0 radical (unpaired) electrons. The number of aromatic amines is 1. The van der Waals surface area contributed by atoms with Crippen molar-refractivity contribution in [3.8, 4) is 11.4 Å². The zero-order chi connectivity index (χ0) is 13.1. The van der Waals surface area contributed by atoms with E-state index in [0.29, 0.717) is 12.2 Å². The van der Waals surface area contributed by atoms with Crippen LogP contribution >= 0.6 is 0 Å². The summed E-state index contributed by atoms with van der Waals surface area (Å²) in [5, 5.41) is 13.9. The SMILES string of the molecule is Cc1cc(-c2nn[nH]n2)cc(C(C)CC(N)=O)c1. The predicted octanol–water partition coefficient (Wildman–Crippen LogP) is 1.15. The second-order valence-corrected chi connectivity index (χ2v) is 4.44. The highest BCUT2D eigenvalue weighted by Gasteiger charge is 2.12. The lowest BCUT2D eigenvalue weighted by Gasteiger charge is -2.11. The first kappa shape index (κ1) is 12.2. The fourth-order valence-electron chi connectivity index (χ4n) is 1.93. The van der Waals surface area contributed by atoms with Gasteiger partial charge in [0, 0.05) is 12.0 Å². The molecule has 1 atom stereocenters. The minimum absolute atomic E-state index is 0.0769. The second kappa shape index (κ2) is 4.95. The summed E-state index contributed by atoms with van der Waals surface area (Å²) in [4.78, 5) is 11.0. The topological polar surface area (TPSA) is 97.6 Å². The molecule has 0 aliphatic heterocycles. The second-order valence-electron chi connectivity index (χ2n) is 4.44. The van der Waals surface area contributed by atoms with Crippen LogP contribution in [0.15, 0.2) is 18.2 Å². The van der Waals surface area contributed by atoms with Crippen molar-refractivity contribution in [2.75, 3.05) is 0 Å². The number of nitrogens with zero attached hydrogens (tertiary/aromatic N) is 3. The van der Waals surface area contributed by atoms with E-state index in [4.69, 9.17) is 5.73 Å². The molecule has 0 aliphatic rings. The number of H-pyrrole nitrogens is 1.